The maximum Gasteiger partial charge on any atom is 0.220 e. The van der Waals surface area contributed by atoms with Gasteiger partial charge < -0.3 is 11.1 Å². The lowest BCUT2D eigenvalue weighted by molar-refractivity contribution is -0.121. The molecule has 0 fully saturated rings. The van der Waals surface area contributed by atoms with Crippen molar-refractivity contribution >= 4 is 11.7 Å². The highest BCUT2D eigenvalue weighted by molar-refractivity contribution is 5.97. The molecule has 0 saturated carbocycles. The minimum atomic E-state index is -0.384. The van der Waals surface area contributed by atoms with E-state index in [1.165, 1.54) is 24.3 Å². The van der Waals surface area contributed by atoms with Crippen LogP contribution in [0.3, 0.4) is 0 Å². The molecular formula is C14H19FN2O2. The fourth-order valence-electron chi connectivity index (χ4n) is 1.47. The largest absolute Gasteiger partial charge is 0.356 e. The monoisotopic (exact) mass is 266 g/mol. The van der Waals surface area contributed by atoms with Crippen molar-refractivity contribution in [2.45, 2.75) is 19.8 Å². The van der Waals surface area contributed by atoms with E-state index in [0.717, 1.165) is 0 Å². The van der Waals surface area contributed by atoms with Gasteiger partial charge in [0.05, 0.1) is 0 Å². The summed E-state index contributed by atoms with van der Waals surface area (Å²) in [6.07, 6.45) is 0.252. The summed E-state index contributed by atoms with van der Waals surface area (Å²) >= 11 is 0. The number of ketones is 1. The van der Waals surface area contributed by atoms with Gasteiger partial charge in [0, 0.05) is 24.9 Å². The molecule has 1 unspecified atom stereocenters. The maximum atomic E-state index is 12.7. The highest BCUT2D eigenvalue weighted by Crippen LogP contribution is 2.07. The average Bonchev–Trinajstić information content (AvgIpc) is 2.42. The molecule has 5 heteroatoms. The zero-order valence-corrected chi connectivity index (χ0v) is 11.0. The van der Waals surface area contributed by atoms with Crippen LogP contribution in [0, 0.1) is 11.7 Å². The molecule has 1 aromatic rings. The lowest BCUT2D eigenvalue weighted by Crippen LogP contribution is -2.31. The number of rotatable bonds is 7. The van der Waals surface area contributed by atoms with Gasteiger partial charge in [-0.25, -0.2) is 4.39 Å². The number of nitrogens with two attached hydrogens (primary N) is 1. The first-order valence-electron chi connectivity index (χ1n) is 6.28. The number of Topliss-reactive ketones (excluding diaryl/α,β-unsaturated/α-hetero) is 1. The van der Waals surface area contributed by atoms with E-state index in [2.05, 4.69) is 5.32 Å². The van der Waals surface area contributed by atoms with Gasteiger partial charge in [-0.1, -0.05) is 6.92 Å². The van der Waals surface area contributed by atoms with Crippen LogP contribution in [0.4, 0.5) is 4.39 Å². The van der Waals surface area contributed by atoms with E-state index >= 15 is 0 Å². The summed E-state index contributed by atoms with van der Waals surface area (Å²) < 4.78 is 12.7. The van der Waals surface area contributed by atoms with Gasteiger partial charge in [0.15, 0.2) is 5.78 Å². The molecule has 0 aliphatic heterocycles. The fraction of sp³-hybridized carbons (Fsp3) is 0.429. The molecule has 3 N–H and O–H groups in total. The molecule has 4 nitrogen and oxygen atoms in total. The van der Waals surface area contributed by atoms with Crippen molar-refractivity contribution in [3.63, 3.8) is 0 Å². The van der Waals surface area contributed by atoms with Crippen molar-refractivity contribution in [2.75, 3.05) is 13.1 Å². The Balaban J connectivity index is 2.34. The lowest BCUT2D eigenvalue weighted by atomic mass is 10.1. The third-order valence-electron chi connectivity index (χ3n) is 2.80. The summed E-state index contributed by atoms with van der Waals surface area (Å²) in [7, 11) is 0. The highest BCUT2D eigenvalue weighted by atomic mass is 19.1. The molecule has 1 aromatic carbocycles. The number of halogens is 1. The molecule has 0 aliphatic rings. The number of benzene rings is 1. The van der Waals surface area contributed by atoms with Gasteiger partial charge in [-0.2, -0.15) is 0 Å². The average molecular weight is 266 g/mol. The molecule has 0 heterocycles. The Hall–Kier alpha value is -1.75. The normalized spacial score (nSPS) is 11.9. The van der Waals surface area contributed by atoms with Crippen molar-refractivity contribution in [1.82, 2.24) is 5.32 Å². The first-order valence-corrected chi connectivity index (χ1v) is 6.28. The molecule has 1 atom stereocenters. The Kier molecular flexibility index (Phi) is 6.15. The van der Waals surface area contributed by atoms with Crippen LogP contribution in [0.25, 0.3) is 0 Å². The van der Waals surface area contributed by atoms with E-state index in [9.17, 15) is 14.0 Å². The number of amides is 1. The van der Waals surface area contributed by atoms with Gasteiger partial charge in [0.1, 0.15) is 5.82 Å². The second-order valence-corrected chi connectivity index (χ2v) is 4.58. The second-order valence-electron chi connectivity index (χ2n) is 4.58. The molecule has 1 amide bonds. The molecule has 104 valence electrons. The van der Waals surface area contributed by atoms with Crippen LogP contribution < -0.4 is 11.1 Å². The summed E-state index contributed by atoms with van der Waals surface area (Å²) in [6.45, 7) is 2.96. The Morgan fingerprint density at radius 2 is 1.89 bits per heavy atom. The summed E-state index contributed by atoms with van der Waals surface area (Å²) in [5, 5.41) is 2.72. The van der Waals surface area contributed by atoms with Crippen LogP contribution in [0.5, 0.6) is 0 Å². The van der Waals surface area contributed by atoms with Gasteiger partial charge in [0.25, 0.3) is 0 Å². The van der Waals surface area contributed by atoms with Crippen molar-refractivity contribution in [2.24, 2.45) is 11.7 Å². The third-order valence-corrected chi connectivity index (χ3v) is 2.80. The summed E-state index contributed by atoms with van der Waals surface area (Å²) in [5.74, 6) is -0.500. The van der Waals surface area contributed by atoms with Gasteiger partial charge in [-0.15, -0.1) is 0 Å². The molecule has 0 bridgehead atoms. The van der Waals surface area contributed by atoms with Gasteiger partial charge >= 0.3 is 0 Å². The molecule has 19 heavy (non-hydrogen) atoms. The summed E-state index contributed by atoms with van der Waals surface area (Å²) in [4.78, 5) is 23.2. The molecular weight excluding hydrogens is 247 g/mol. The van der Waals surface area contributed by atoms with Crippen molar-refractivity contribution in [3.8, 4) is 0 Å². The first kappa shape index (κ1) is 15.3. The van der Waals surface area contributed by atoms with Crippen LogP contribution in [-0.2, 0) is 4.79 Å². The number of carbonyl (C=O) groups is 2. The first-order chi connectivity index (χ1) is 9.02. The fourth-order valence-corrected chi connectivity index (χ4v) is 1.47. The Labute approximate surface area is 112 Å². The zero-order chi connectivity index (χ0) is 14.3. The van der Waals surface area contributed by atoms with E-state index < -0.39 is 0 Å². The Morgan fingerprint density at radius 1 is 1.26 bits per heavy atom. The van der Waals surface area contributed by atoms with E-state index in [4.69, 9.17) is 5.73 Å². The van der Waals surface area contributed by atoms with Crippen molar-refractivity contribution < 1.29 is 14.0 Å². The maximum absolute atomic E-state index is 12.7. The molecule has 1 rings (SSSR count). The van der Waals surface area contributed by atoms with Crippen molar-refractivity contribution in [3.05, 3.63) is 35.6 Å². The minimum Gasteiger partial charge on any atom is -0.356 e. The van der Waals surface area contributed by atoms with Crippen LogP contribution in [-0.4, -0.2) is 24.8 Å². The van der Waals surface area contributed by atoms with Crippen molar-refractivity contribution in [1.29, 1.82) is 0 Å². The predicted molar refractivity (Wildman–Crippen MR) is 71.2 cm³/mol. The standard InChI is InChI=1S/C14H19FN2O2/c1-10(8-16)9-17-14(19)7-6-13(18)11-2-4-12(15)5-3-11/h2-5,10H,6-9,16H2,1H3,(H,17,19). The van der Waals surface area contributed by atoms with Crippen LogP contribution >= 0.6 is 0 Å². The van der Waals surface area contributed by atoms with E-state index in [-0.39, 0.29) is 36.3 Å². The Morgan fingerprint density at radius 3 is 2.47 bits per heavy atom. The molecule has 0 saturated heterocycles. The smallest absolute Gasteiger partial charge is 0.220 e. The van der Waals surface area contributed by atoms with Gasteiger partial charge in [-0.05, 0) is 36.7 Å². The molecule has 0 aromatic heterocycles. The van der Waals surface area contributed by atoms with Crippen LogP contribution in [0.2, 0.25) is 0 Å². The second kappa shape index (κ2) is 7.63. The SMILES string of the molecule is CC(CN)CNC(=O)CCC(=O)c1ccc(F)cc1. The molecule has 0 radical (unpaired) electrons. The van der Waals surface area contributed by atoms with E-state index in [1.54, 1.807) is 0 Å². The van der Waals surface area contributed by atoms with Gasteiger partial charge in [0.2, 0.25) is 5.91 Å². The Bertz CT molecular complexity index is 432. The highest BCUT2D eigenvalue weighted by Gasteiger charge is 2.10. The predicted octanol–water partition coefficient (Wildman–Crippen LogP) is 1.50. The van der Waals surface area contributed by atoms with Crippen LogP contribution in [0.1, 0.15) is 30.1 Å². The van der Waals surface area contributed by atoms with E-state index in [1.807, 2.05) is 6.92 Å². The lowest BCUT2D eigenvalue weighted by Gasteiger charge is -2.09. The number of carbonyl (C=O) groups excluding carboxylic acids is 2. The number of hydrogen-bond acceptors (Lipinski definition) is 3. The summed E-state index contributed by atoms with van der Waals surface area (Å²) in [6, 6.07) is 5.31. The zero-order valence-electron chi connectivity index (χ0n) is 11.0. The molecule has 0 aliphatic carbocycles. The minimum absolute atomic E-state index is 0.120. The van der Waals surface area contributed by atoms with E-state index in [0.29, 0.717) is 18.7 Å². The van der Waals surface area contributed by atoms with Gasteiger partial charge in [-0.3, -0.25) is 9.59 Å². The molecule has 0 spiro atoms. The number of hydrogen-bond donors (Lipinski definition) is 2. The quantitative estimate of drug-likeness (QED) is 0.735. The summed E-state index contributed by atoms with van der Waals surface area (Å²) in [5.41, 5.74) is 5.85. The third kappa shape index (κ3) is 5.61. The topological polar surface area (TPSA) is 72.2 Å². The number of nitrogens with one attached hydrogen (secondary N) is 1. The van der Waals surface area contributed by atoms with Crippen LogP contribution in [0.15, 0.2) is 24.3 Å².